The van der Waals surface area contributed by atoms with E-state index in [-0.39, 0.29) is 12.5 Å². The molecule has 0 saturated heterocycles. The van der Waals surface area contributed by atoms with Crippen molar-refractivity contribution in [1.82, 2.24) is 10.2 Å². The highest BCUT2D eigenvalue weighted by molar-refractivity contribution is 5.82. The molecule has 0 spiro atoms. The number of esters is 1. The predicted octanol–water partition coefficient (Wildman–Crippen LogP) is 2.93. The fourth-order valence-electron chi connectivity index (χ4n) is 4.02. The number of carbonyl (C=O) groups is 2. The van der Waals surface area contributed by atoms with Crippen molar-refractivity contribution in [2.75, 3.05) is 20.1 Å². The van der Waals surface area contributed by atoms with Gasteiger partial charge >= 0.3 is 5.97 Å². The molecule has 1 atom stereocenters. The summed E-state index contributed by atoms with van der Waals surface area (Å²) in [5.74, 6) is -0.133. The highest BCUT2D eigenvalue weighted by atomic mass is 16.5. The summed E-state index contributed by atoms with van der Waals surface area (Å²) in [5, 5.41) is 2.47. The summed E-state index contributed by atoms with van der Waals surface area (Å²) in [6.45, 7) is 4.52. The summed E-state index contributed by atoms with van der Waals surface area (Å²) in [6.07, 6.45) is 5.75. The summed E-state index contributed by atoms with van der Waals surface area (Å²) in [7, 11) is 2.20. The van der Waals surface area contributed by atoms with Crippen LogP contribution in [-0.2, 0) is 16.0 Å². The number of rotatable bonds is 5. The second-order valence-electron chi connectivity index (χ2n) is 7.21. The molecule has 26 heavy (non-hydrogen) atoms. The summed E-state index contributed by atoms with van der Waals surface area (Å²) >= 11 is 0. The van der Waals surface area contributed by atoms with Crippen LogP contribution in [0.15, 0.2) is 23.8 Å². The van der Waals surface area contributed by atoms with Crippen LogP contribution in [0.3, 0.4) is 0 Å². The first-order valence-electron chi connectivity index (χ1n) is 9.50. The average Bonchev–Trinajstić information content (AvgIpc) is 2.65. The minimum Gasteiger partial charge on any atom is -0.425 e. The third-order valence-corrected chi connectivity index (χ3v) is 5.48. The van der Waals surface area contributed by atoms with Crippen LogP contribution in [0.4, 0.5) is 0 Å². The smallest absolute Gasteiger partial charge is 0.330 e. The van der Waals surface area contributed by atoms with Crippen molar-refractivity contribution in [3.8, 4) is 5.75 Å². The maximum Gasteiger partial charge on any atom is 0.330 e. The van der Waals surface area contributed by atoms with Gasteiger partial charge in [0.05, 0.1) is 0 Å². The van der Waals surface area contributed by atoms with E-state index in [1.165, 1.54) is 36.5 Å². The molecule has 0 heterocycles. The van der Waals surface area contributed by atoms with E-state index in [0.29, 0.717) is 11.8 Å². The largest absolute Gasteiger partial charge is 0.425 e. The minimum atomic E-state index is -0.447. The Labute approximate surface area is 155 Å². The molecule has 1 N–H and O–H groups in total. The summed E-state index contributed by atoms with van der Waals surface area (Å²) in [4.78, 5) is 25.3. The number of amides is 1. The minimum absolute atomic E-state index is 0.107. The van der Waals surface area contributed by atoms with E-state index < -0.39 is 5.97 Å². The molecule has 1 aromatic rings. The second kappa shape index (κ2) is 8.04. The number of hydrogen-bond acceptors (Lipinski definition) is 4. The van der Waals surface area contributed by atoms with E-state index in [1.54, 1.807) is 5.57 Å². The highest BCUT2D eigenvalue weighted by Gasteiger charge is 2.30. The van der Waals surface area contributed by atoms with Crippen LogP contribution < -0.4 is 10.1 Å². The Morgan fingerprint density at radius 3 is 2.77 bits per heavy atom. The Balaban J connectivity index is 1.85. The van der Waals surface area contributed by atoms with Crippen molar-refractivity contribution in [1.29, 1.82) is 0 Å². The maximum atomic E-state index is 11.9. The number of likely N-dealkylation sites (N-methyl/N-ethyl adjacent to an activating group) is 1. The molecule has 0 fully saturated rings. The Bertz CT molecular complexity index is 739. The Morgan fingerprint density at radius 1 is 1.27 bits per heavy atom. The van der Waals surface area contributed by atoms with Gasteiger partial charge in [-0.05, 0) is 80.1 Å². The molecule has 0 aromatic heterocycles. The van der Waals surface area contributed by atoms with Crippen LogP contribution in [0.25, 0.3) is 5.57 Å². The van der Waals surface area contributed by atoms with Crippen molar-refractivity contribution in [3.63, 3.8) is 0 Å². The zero-order chi connectivity index (χ0) is 18.7. The summed E-state index contributed by atoms with van der Waals surface area (Å²) < 4.78 is 5.42. The standard InChI is InChI=1S/C21H28N2O3/c1-4-23(3)20-11-15-9-10-16(26-21(25)13-22-14(2)24)12-19(15)17-7-5-6-8-18(17)20/h9-10,12,20H,4-8,11,13H2,1-3H3,(H,22,24)/t20-/m0/s1. The zero-order valence-electron chi connectivity index (χ0n) is 15.9. The van der Waals surface area contributed by atoms with Crippen molar-refractivity contribution >= 4 is 17.4 Å². The third kappa shape index (κ3) is 3.98. The van der Waals surface area contributed by atoms with Crippen LogP contribution in [0, 0.1) is 0 Å². The Kier molecular flexibility index (Phi) is 5.77. The molecule has 0 saturated carbocycles. The monoisotopic (exact) mass is 356 g/mol. The lowest BCUT2D eigenvalue weighted by atomic mass is 9.75. The van der Waals surface area contributed by atoms with E-state index in [9.17, 15) is 9.59 Å². The summed E-state index contributed by atoms with van der Waals surface area (Å²) in [5.41, 5.74) is 5.58. The molecule has 5 nitrogen and oxygen atoms in total. The topological polar surface area (TPSA) is 58.6 Å². The van der Waals surface area contributed by atoms with Gasteiger partial charge in [-0.1, -0.05) is 13.0 Å². The molecule has 0 radical (unpaired) electrons. The van der Waals surface area contributed by atoms with E-state index >= 15 is 0 Å². The molecule has 0 aliphatic heterocycles. The van der Waals surface area contributed by atoms with Gasteiger partial charge in [-0.15, -0.1) is 0 Å². The molecule has 5 heteroatoms. The number of nitrogens with zero attached hydrogens (tertiary/aromatic N) is 1. The van der Waals surface area contributed by atoms with Gasteiger partial charge in [0.2, 0.25) is 5.91 Å². The van der Waals surface area contributed by atoms with E-state index in [1.807, 2.05) is 12.1 Å². The molecule has 0 bridgehead atoms. The maximum absolute atomic E-state index is 11.9. The third-order valence-electron chi connectivity index (χ3n) is 5.48. The first kappa shape index (κ1) is 18.6. The van der Waals surface area contributed by atoms with Crippen molar-refractivity contribution in [2.45, 2.75) is 52.0 Å². The van der Waals surface area contributed by atoms with Crippen LogP contribution in [0.1, 0.15) is 50.7 Å². The lowest BCUT2D eigenvalue weighted by Gasteiger charge is -2.38. The second-order valence-corrected chi connectivity index (χ2v) is 7.21. The molecular weight excluding hydrogens is 328 g/mol. The van der Waals surface area contributed by atoms with Crippen LogP contribution in [0.5, 0.6) is 5.75 Å². The van der Waals surface area contributed by atoms with Crippen LogP contribution in [0.2, 0.25) is 0 Å². The average molecular weight is 356 g/mol. The lowest BCUT2D eigenvalue weighted by molar-refractivity contribution is -0.135. The fraction of sp³-hybridized carbons (Fsp3) is 0.524. The van der Waals surface area contributed by atoms with Crippen molar-refractivity contribution in [3.05, 3.63) is 34.9 Å². The Hall–Kier alpha value is -2.14. The van der Waals surface area contributed by atoms with Crippen molar-refractivity contribution in [2.24, 2.45) is 0 Å². The van der Waals surface area contributed by atoms with E-state index in [0.717, 1.165) is 25.8 Å². The number of ether oxygens (including phenoxy) is 1. The van der Waals surface area contributed by atoms with Gasteiger partial charge < -0.3 is 10.1 Å². The Morgan fingerprint density at radius 2 is 2.04 bits per heavy atom. The molecule has 3 rings (SSSR count). The van der Waals surface area contributed by atoms with Crippen LogP contribution >= 0.6 is 0 Å². The molecule has 0 unspecified atom stereocenters. The molecule has 2 aliphatic carbocycles. The van der Waals surface area contributed by atoms with Gasteiger partial charge in [-0.3, -0.25) is 9.69 Å². The van der Waals surface area contributed by atoms with Gasteiger partial charge in [0.15, 0.2) is 0 Å². The number of carbonyl (C=O) groups excluding carboxylic acids is 2. The first-order chi connectivity index (χ1) is 12.5. The predicted molar refractivity (Wildman–Crippen MR) is 102 cm³/mol. The molecule has 1 aromatic carbocycles. The van der Waals surface area contributed by atoms with E-state index in [4.69, 9.17) is 4.74 Å². The lowest BCUT2D eigenvalue weighted by Crippen LogP contribution is -2.38. The SMILES string of the molecule is CCN(C)[C@H]1Cc2ccc(OC(=O)CNC(C)=O)cc2C2=C1CCCC2. The number of hydrogen-bond donors (Lipinski definition) is 1. The van der Waals surface area contributed by atoms with Crippen molar-refractivity contribution < 1.29 is 14.3 Å². The van der Waals surface area contributed by atoms with Gasteiger partial charge in [-0.2, -0.15) is 0 Å². The quantitative estimate of drug-likeness (QED) is 0.651. The number of fused-ring (bicyclic) bond motifs is 2. The van der Waals surface area contributed by atoms with Gasteiger partial charge in [0.1, 0.15) is 12.3 Å². The fourth-order valence-corrected chi connectivity index (χ4v) is 4.02. The molecule has 140 valence electrons. The first-order valence-corrected chi connectivity index (χ1v) is 9.50. The summed E-state index contributed by atoms with van der Waals surface area (Å²) in [6, 6.07) is 6.44. The van der Waals surface area contributed by atoms with Gasteiger partial charge in [0, 0.05) is 13.0 Å². The van der Waals surface area contributed by atoms with Gasteiger partial charge in [-0.25, -0.2) is 4.79 Å². The normalized spacial score (nSPS) is 19.0. The number of allylic oxidation sites excluding steroid dienone is 1. The van der Waals surface area contributed by atoms with Crippen LogP contribution in [-0.4, -0.2) is 43.0 Å². The van der Waals surface area contributed by atoms with Gasteiger partial charge in [0.25, 0.3) is 0 Å². The molecule has 1 amide bonds. The van der Waals surface area contributed by atoms with E-state index in [2.05, 4.69) is 30.3 Å². The molecule has 2 aliphatic rings. The number of nitrogens with one attached hydrogen (secondary N) is 1. The highest BCUT2D eigenvalue weighted by Crippen LogP contribution is 2.42. The zero-order valence-corrected chi connectivity index (χ0v) is 15.9. The molecular formula is C21H28N2O3. The number of benzene rings is 1.